The highest BCUT2D eigenvalue weighted by Gasteiger charge is 2.44. The Labute approximate surface area is 205 Å². The van der Waals surface area contributed by atoms with E-state index in [1.807, 2.05) is 19.9 Å². The van der Waals surface area contributed by atoms with Crippen molar-refractivity contribution in [1.82, 2.24) is 5.32 Å². The van der Waals surface area contributed by atoms with Crippen molar-refractivity contribution < 1.29 is 18.7 Å². The van der Waals surface area contributed by atoms with E-state index in [4.69, 9.17) is 9.15 Å². The summed E-state index contributed by atoms with van der Waals surface area (Å²) >= 11 is 0. The highest BCUT2D eigenvalue weighted by atomic mass is 16.5. The van der Waals surface area contributed by atoms with E-state index in [-0.39, 0.29) is 22.7 Å². The van der Waals surface area contributed by atoms with Gasteiger partial charge in [0.15, 0.2) is 11.2 Å². The van der Waals surface area contributed by atoms with E-state index in [2.05, 4.69) is 19.2 Å². The van der Waals surface area contributed by atoms with Crippen LogP contribution in [0.4, 0.5) is 0 Å². The predicted molar refractivity (Wildman–Crippen MR) is 134 cm³/mol. The van der Waals surface area contributed by atoms with Gasteiger partial charge in [-0.2, -0.15) is 0 Å². The third-order valence-electron chi connectivity index (χ3n) is 7.55. The van der Waals surface area contributed by atoms with Crippen LogP contribution in [-0.2, 0) is 14.3 Å². The number of aryl methyl sites for hydroxylation is 1. The highest BCUT2D eigenvalue weighted by Crippen LogP contribution is 2.46. The van der Waals surface area contributed by atoms with Gasteiger partial charge in [0.1, 0.15) is 11.7 Å². The normalized spacial score (nSPS) is 22.7. The molecule has 1 aromatic heterocycles. The molecule has 0 saturated heterocycles. The topological polar surface area (TPSA) is 85.6 Å². The average molecular weight is 476 g/mol. The number of allylic oxidation sites excluding steroid dienone is 3. The maximum atomic E-state index is 13.8. The summed E-state index contributed by atoms with van der Waals surface area (Å²) in [6.07, 6.45) is 7.21. The number of hydrogen-bond donors (Lipinski definition) is 1. The van der Waals surface area contributed by atoms with Gasteiger partial charge in [0.05, 0.1) is 23.1 Å². The van der Waals surface area contributed by atoms with Crippen LogP contribution >= 0.6 is 0 Å². The maximum absolute atomic E-state index is 13.8. The van der Waals surface area contributed by atoms with Crippen molar-refractivity contribution in [2.45, 2.75) is 84.7 Å². The van der Waals surface area contributed by atoms with Crippen LogP contribution in [0.5, 0.6) is 0 Å². The van der Waals surface area contributed by atoms with E-state index in [9.17, 15) is 14.4 Å². The molecule has 2 heterocycles. The minimum absolute atomic E-state index is 0.0482. The lowest BCUT2D eigenvalue weighted by atomic mass is 9.68. The number of carbonyl (C=O) groups is 2. The number of benzene rings is 1. The van der Waals surface area contributed by atoms with Gasteiger partial charge in [0.25, 0.3) is 0 Å². The Kier molecular flexibility index (Phi) is 5.94. The van der Waals surface area contributed by atoms with E-state index in [1.54, 1.807) is 12.1 Å². The number of rotatable bonds is 3. The molecule has 1 N–H and O–H groups in total. The van der Waals surface area contributed by atoms with Gasteiger partial charge in [-0.15, -0.1) is 0 Å². The third-order valence-corrected chi connectivity index (χ3v) is 7.55. The van der Waals surface area contributed by atoms with Crippen LogP contribution in [0.1, 0.15) is 82.8 Å². The van der Waals surface area contributed by atoms with Gasteiger partial charge < -0.3 is 14.5 Å². The molecule has 1 atom stereocenters. The van der Waals surface area contributed by atoms with E-state index in [0.717, 1.165) is 43.4 Å². The molecule has 6 nitrogen and oxygen atoms in total. The Morgan fingerprint density at radius 1 is 1.09 bits per heavy atom. The van der Waals surface area contributed by atoms with Gasteiger partial charge in [0, 0.05) is 29.0 Å². The monoisotopic (exact) mass is 475 g/mol. The number of hydrogen-bond acceptors (Lipinski definition) is 6. The number of ether oxygens (including phenoxy) is 1. The lowest BCUT2D eigenvalue weighted by Gasteiger charge is -2.39. The van der Waals surface area contributed by atoms with Crippen molar-refractivity contribution in [1.29, 1.82) is 0 Å². The standard InChI is InChI=1S/C29H33NO5/c1-16-10-11-23-19(12-16)27(32)20(15-34-23)25-24(28(33)35-18-8-6-5-7-9-18)17(2)30-21-13-29(3,4)14-22(31)26(21)25/h10-12,15,18,25,30H,5-9,13-14H2,1-4H3/t25-/m0/s1. The minimum Gasteiger partial charge on any atom is -0.464 e. The molecule has 35 heavy (non-hydrogen) atoms. The zero-order valence-electron chi connectivity index (χ0n) is 21.0. The molecule has 0 unspecified atom stereocenters. The first-order valence-electron chi connectivity index (χ1n) is 12.6. The van der Waals surface area contributed by atoms with Crippen LogP contribution in [0.2, 0.25) is 0 Å². The zero-order valence-corrected chi connectivity index (χ0v) is 21.0. The molecule has 2 aliphatic carbocycles. The minimum atomic E-state index is -0.813. The molecule has 3 aliphatic rings. The molecule has 1 fully saturated rings. The van der Waals surface area contributed by atoms with Crippen LogP contribution in [0.25, 0.3) is 11.0 Å². The Morgan fingerprint density at radius 3 is 2.57 bits per heavy atom. The van der Waals surface area contributed by atoms with Crippen molar-refractivity contribution in [3.63, 3.8) is 0 Å². The fraction of sp³-hybridized carbons (Fsp3) is 0.483. The second kappa shape index (κ2) is 8.81. The van der Waals surface area contributed by atoms with Crippen molar-refractivity contribution in [2.24, 2.45) is 5.41 Å². The first-order valence-corrected chi connectivity index (χ1v) is 12.6. The quantitative estimate of drug-likeness (QED) is 0.583. The van der Waals surface area contributed by atoms with E-state index < -0.39 is 11.9 Å². The van der Waals surface area contributed by atoms with Crippen molar-refractivity contribution in [3.05, 3.63) is 68.4 Å². The number of carbonyl (C=O) groups excluding carboxylic acids is 2. The highest BCUT2D eigenvalue weighted by molar-refractivity contribution is 6.04. The molecular formula is C29H33NO5. The summed E-state index contributed by atoms with van der Waals surface area (Å²) in [6, 6.07) is 5.46. The lowest BCUT2D eigenvalue weighted by molar-refractivity contribution is -0.146. The van der Waals surface area contributed by atoms with Crippen molar-refractivity contribution in [3.8, 4) is 0 Å². The third kappa shape index (κ3) is 4.35. The Hall–Kier alpha value is -3.15. The molecule has 6 heteroatoms. The van der Waals surface area contributed by atoms with Gasteiger partial charge in [-0.3, -0.25) is 9.59 Å². The summed E-state index contributed by atoms with van der Waals surface area (Å²) in [7, 11) is 0. The molecule has 0 amide bonds. The largest absolute Gasteiger partial charge is 0.464 e. The lowest BCUT2D eigenvalue weighted by Crippen LogP contribution is -2.40. The first kappa shape index (κ1) is 23.6. The molecule has 5 rings (SSSR count). The van der Waals surface area contributed by atoms with Crippen molar-refractivity contribution in [2.75, 3.05) is 0 Å². The fourth-order valence-electron chi connectivity index (χ4n) is 5.87. The number of ketones is 1. The summed E-state index contributed by atoms with van der Waals surface area (Å²) in [5.41, 5.74) is 3.53. The molecule has 0 radical (unpaired) electrons. The summed E-state index contributed by atoms with van der Waals surface area (Å²) in [4.78, 5) is 40.9. The second-order valence-corrected chi connectivity index (χ2v) is 11.1. The smallest absolute Gasteiger partial charge is 0.337 e. The second-order valence-electron chi connectivity index (χ2n) is 11.1. The number of fused-ring (bicyclic) bond motifs is 1. The number of nitrogens with one attached hydrogen (secondary N) is 1. The number of dihydropyridines is 1. The van der Waals surface area contributed by atoms with Crippen LogP contribution in [0, 0.1) is 12.3 Å². The summed E-state index contributed by atoms with van der Waals surface area (Å²) in [5.74, 6) is -1.32. The Morgan fingerprint density at radius 2 is 1.83 bits per heavy atom. The Bertz CT molecular complexity index is 1340. The summed E-state index contributed by atoms with van der Waals surface area (Å²) in [6.45, 7) is 7.86. The SMILES string of the molecule is CC1=C(C(=O)OC2CCCCC2)[C@H](c2coc3ccc(C)cc3c2=O)C2=C(CC(C)(C)CC2=O)N1. The van der Waals surface area contributed by atoms with Gasteiger partial charge in [-0.05, 0) is 63.5 Å². The summed E-state index contributed by atoms with van der Waals surface area (Å²) < 4.78 is 11.8. The van der Waals surface area contributed by atoms with Crippen LogP contribution in [0.15, 0.2) is 56.2 Å². The zero-order chi connectivity index (χ0) is 24.9. The summed E-state index contributed by atoms with van der Waals surface area (Å²) in [5, 5.41) is 3.79. The molecule has 0 spiro atoms. The van der Waals surface area contributed by atoms with Gasteiger partial charge in [-0.1, -0.05) is 31.9 Å². The van der Waals surface area contributed by atoms with Gasteiger partial charge in [0.2, 0.25) is 0 Å². The molecular weight excluding hydrogens is 442 g/mol. The van der Waals surface area contributed by atoms with Gasteiger partial charge >= 0.3 is 5.97 Å². The average Bonchev–Trinajstić information content (AvgIpc) is 2.78. The number of esters is 1. The fourth-order valence-corrected chi connectivity index (χ4v) is 5.87. The molecule has 1 saturated carbocycles. The molecule has 1 aliphatic heterocycles. The maximum Gasteiger partial charge on any atom is 0.337 e. The first-order chi connectivity index (χ1) is 16.6. The van der Waals surface area contributed by atoms with Crippen LogP contribution < -0.4 is 10.7 Å². The van der Waals surface area contributed by atoms with Crippen molar-refractivity contribution >= 4 is 22.7 Å². The molecule has 2 aromatic rings. The van der Waals surface area contributed by atoms with E-state index in [0.29, 0.717) is 46.2 Å². The van der Waals surface area contributed by atoms with Crippen LogP contribution in [0.3, 0.4) is 0 Å². The molecule has 184 valence electrons. The van der Waals surface area contributed by atoms with Crippen LogP contribution in [-0.4, -0.2) is 17.9 Å². The number of Topliss-reactive ketones (excluding diaryl/α,β-unsaturated/α-hetero) is 1. The Balaban J connectivity index is 1.66. The predicted octanol–water partition coefficient (Wildman–Crippen LogP) is 5.58. The van der Waals surface area contributed by atoms with Gasteiger partial charge in [-0.25, -0.2) is 4.79 Å². The molecule has 1 aromatic carbocycles. The van der Waals surface area contributed by atoms with E-state index in [1.165, 1.54) is 6.26 Å². The van der Waals surface area contributed by atoms with E-state index >= 15 is 0 Å². The molecule has 0 bridgehead atoms.